The van der Waals surface area contributed by atoms with E-state index in [0.717, 1.165) is 74.1 Å². The number of nitrogens with one attached hydrogen (secondary N) is 2. The van der Waals surface area contributed by atoms with Crippen molar-refractivity contribution in [1.29, 1.82) is 0 Å². The van der Waals surface area contributed by atoms with Crippen LogP contribution in [-0.2, 0) is 9.59 Å². The summed E-state index contributed by atoms with van der Waals surface area (Å²) in [5.41, 5.74) is 3.09. The highest BCUT2D eigenvalue weighted by Gasteiger charge is 2.28. The minimum absolute atomic E-state index is 0. The number of ether oxygens (including phenoxy) is 8. The average molecular weight is 986 g/mol. The Morgan fingerprint density at radius 3 is 0.912 bits per heavy atom. The minimum atomic E-state index is -0.637. The number of nitrogens with zero attached hydrogens (tertiary/aromatic N) is 2. The van der Waals surface area contributed by atoms with Gasteiger partial charge in [0.15, 0.2) is 46.0 Å². The summed E-state index contributed by atoms with van der Waals surface area (Å²) >= 11 is 0. The van der Waals surface area contributed by atoms with Crippen molar-refractivity contribution in [2.45, 2.75) is 65.2 Å². The first-order valence-corrected chi connectivity index (χ1v) is 23.4. The number of carbonyl (C=O) groups excluding carboxylic acids is 2. The molecule has 376 valence electrons. The first kappa shape index (κ1) is 57.0. The Morgan fingerprint density at radius 2 is 0.691 bits per heavy atom. The Balaban J connectivity index is 0.00000612. The second-order valence-corrected chi connectivity index (χ2v) is 16.2. The molecule has 1 heterocycles. The molecular formula is C52H74Cl2N4O10. The van der Waals surface area contributed by atoms with E-state index < -0.39 is 11.8 Å². The SMILES string of the molecule is CCCOc1ccc(C(C(=O)NCCN2CCN(CCNC(=O)C(c3ccc(OCCC)c(OC)c3)c3ccc(OCCC)c(OC)c3)CC2)c2ccc(OCCC)c(OC)c2)cc1OC.Cl.Cl. The maximum atomic E-state index is 14.2. The van der Waals surface area contributed by atoms with Gasteiger partial charge in [0.05, 0.1) is 66.7 Å². The monoisotopic (exact) mass is 984 g/mol. The van der Waals surface area contributed by atoms with Crippen molar-refractivity contribution in [2.24, 2.45) is 0 Å². The van der Waals surface area contributed by atoms with Gasteiger partial charge < -0.3 is 48.5 Å². The molecular weight excluding hydrogens is 911 g/mol. The first-order valence-electron chi connectivity index (χ1n) is 23.4. The molecule has 0 atom stereocenters. The van der Waals surface area contributed by atoms with E-state index in [1.165, 1.54) is 0 Å². The molecule has 0 aromatic heterocycles. The number of piperazine rings is 1. The maximum Gasteiger partial charge on any atom is 0.232 e. The predicted molar refractivity (Wildman–Crippen MR) is 272 cm³/mol. The lowest BCUT2D eigenvalue weighted by Gasteiger charge is -2.34. The van der Waals surface area contributed by atoms with Gasteiger partial charge in [-0.05, 0) is 96.5 Å². The Labute approximate surface area is 416 Å². The summed E-state index contributed by atoms with van der Waals surface area (Å²) in [4.78, 5) is 33.1. The fourth-order valence-corrected chi connectivity index (χ4v) is 7.89. The smallest absolute Gasteiger partial charge is 0.232 e. The lowest BCUT2D eigenvalue weighted by atomic mass is 9.89. The van der Waals surface area contributed by atoms with E-state index in [9.17, 15) is 9.59 Å². The number of benzene rings is 4. The van der Waals surface area contributed by atoms with Crippen molar-refractivity contribution < 1.29 is 47.5 Å². The fraction of sp³-hybridized carbons (Fsp3) is 0.500. The quantitative estimate of drug-likeness (QED) is 0.0564. The average Bonchev–Trinajstić information content (AvgIpc) is 3.34. The van der Waals surface area contributed by atoms with Crippen molar-refractivity contribution in [3.05, 3.63) is 95.1 Å². The maximum absolute atomic E-state index is 14.2. The van der Waals surface area contributed by atoms with Crippen molar-refractivity contribution in [3.8, 4) is 46.0 Å². The molecule has 0 radical (unpaired) electrons. The zero-order valence-corrected chi connectivity index (χ0v) is 42.8. The van der Waals surface area contributed by atoms with Crippen molar-refractivity contribution >= 4 is 36.6 Å². The first-order chi connectivity index (χ1) is 32.2. The normalized spacial score (nSPS) is 12.6. The highest BCUT2D eigenvalue weighted by molar-refractivity contribution is 5.88. The Morgan fingerprint density at radius 1 is 0.441 bits per heavy atom. The zero-order chi connectivity index (χ0) is 47.3. The molecule has 0 unspecified atom stereocenters. The molecule has 1 fully saturated rings. The van der Waals surface area contributed by atoms with Crippen LogP contribution < -0.4 is 48.5 Å². The van der Waals surface area contributed by atoms with E-state index in [-0.39, 0.29) is 36.6 Å². The van der Waals surface area contributed by atoms with Gasteiger partial charge in [0.25, 0.3) is 0 Å². The number of halogens is 2. The van der Waals surface area contributed by atoms with E-state index in [1.54, 1.807) is 28.4 Å². The van der Waals surface area contributed by atoms with Crippen LogP contribution in [0.3, 0.4) is 0 Å². The van der Waals surface area contributed by atoms with Crippen molar-refractivity contribution in [1.82, 2.24) is 20.4 Å². The molecule has 0 spiro atoms. The van der Waals surface area contributed by atoms with Gasteiger partial charge in [-0.1, -0.05) is 52.0 Å². The van der Waals surface area contributed by atoms with E-state index in [4.69, 9.17) is 37.9 Å². The topological polar surface area (TPSA) is 139 Å². The molecule has 0 saturated carbocycles. The molecule has 4 aromatic rings. The lowest BCUT2D eigenvalue weighted by molar-refractivity contribution is -0.122. The number of amides is 2. The van der Waals surface area contributed by atoms with Gasteiger partial charge in [-0.2, -0.15) is 0 Å². The largest absolute Gasteiger partial charge is 0.493 e. The van der Waals surface area contributed by atoms with Gasteiger partial charge in [0.1, 0.15) is 0 Å². The van der Waals surface area contributed by atoms with Crippen molar-refractivity contribution in [3.63, 3.8) is 0 Å². The van der Waals surface area contributed by atoms with Gasteiger partial charge in [0.2, 0.25) is 11.8 Å². The van der Waals surface area contributed by atoms with Gasteiger partial charge >= 0.3 is 0 Å². The summed E-state index contributed by atoms with van der Waals surface area (Å²) in [5.74, 6) is 3.27. The van der Waals surface area contributed by atoms with Crippen molar-refractivity contribution in [2.75, 3.05) is 107 Å². The van der Waals surface area contributed by atoms with Crippen LogP contribution in [0.5, 0.6) is 46.0 Å². The molecule has 1 aliphatic heterocycles. The Bertz CT molecular complexity index is 1870. The van der Waals surface area contributed by atoms with Crippen LogP contribution in [0.25, 0.3) is 0 Å². The van der Waals surface area contributed by atoms with Gasteiger partial charge in [-0.15, -0.1) is 24.8 Å². The van der Waals surface area contributed by atoms with E-state index in [2.05, 4.69) is 48.1 Å². The highest BCUT2D eigenvalue weighted by atomic mass is 35.5. The van der Waals surface area contributed by atoms with Crippen LogP contribution in [-0.4, -0.2) is 129 Å². The molecule has 5 rings (SSSR count). The Hall–Kier alpha value is -5.28. The third-order valence-corrected chi connectivity index (χ3v) is 11.4. The number of rotatable bonds is 28. The third-order valence-electron chi connectivity index (χ3n) is 11.4. The highest BCUT2D eigenvalue weighted by Crippen LogP contribution is 2.39. The van der Waals surface area contributed by atoms with Crippen LogP contribution in [0.4, 0.5) is 0 Å². The lowest BCUT2D eigenvalue weighted by Crippen LogP contribution is -2.50. The standard InChI is InChI=1S/C52H72N4O10.2ClH/c1-9-29-63-41-17-13-37(33-45(41)59-5)49(38-14-18-42(64-30-10-2)46(34-38)60-6)51(57)53-21-23-55-25-27-56(28-26-55)24-22-54-52(58)50(39-15-19-43(65-31-11-3)47(35-39)61-7)40-16-20-44(66-32-12-4)48(36-40)62-8;;/h13-20,33-36,49-50H,9-12,21-32H2,1-8H3,(H,53,57)(H,54,58);2*1H. The van der Waals surface area contributed by atoms with E-state index in [0.29, 0.717) is 98.6 Å². The predicted octanol–water partition coefficient (Wildman–Crippen LogP) is 8.53. The summed E-state index contributed by atoms with van der Waals surface area (Å²) < 4.78 is 46.5. The number of hydrogen-bond donors (Lipinski definition) is 2. The molecule has 0 aliphatic carbocycles. The summed E-state index contributed by atoms with van der Waals surface area (Å²) in [7, 11) is 6.42. The van der Waals surface area contributed by atoms with Crippen LogP contribution in [0, 0.1) is 0 Å². The van der Waals surface area contributed by atoms with E-state index in [1.807, 2.05) is 72.8 Å². The van der Waals surface area contributed by atoms with Crippen LogP contribution in [0.1, 0.15) is 87.5 Å². The summed E-state index contributed by atoms with van der Waals surface area (Å²) in [5, 5.41) is 6.44. The van der Waals surface area contributed by atoms with Gasteiger partial charge in [-0.25, -0.2) is 0 Å². The third kappa shape index (κ3) is 15.9. The minimum Gasteiger partial charge on any atom is -0.493 e. The number of methoxy groups -OCH3 is 4. The molecule has 2 amide bonds. The summed E-state index contributed by atoms with van der Waals surface area (Å²) in [6.07, 6.45) is 3.45. The van der Waals surface area contributed by atoms with E-state index >= 15 is 0 Å². The summed E-state index contributed by atoms with van der Waals surface area (Å²) in [6, 6.07) is 22.6. The molecule has 16 heteroatoms. The molecule has 14 nitrogen and oxygen atoms in total. The molecule has 4 aromatic carbocycles. The Kier molecular flexibility index (Phi) is 25.4. The van der Waals surface area contributed by atoms with Gasteiger partial charge in [-0.3, -0.25) is 19.4 Å². The zero-order valence-electron chi connectivity index (χ0n) is 41.2. The number of carbonyl (C=O) groups is 2. The summed E-state index contributed by atoms with van der Waals surface area (Å²) in [6.45, 7) is 16.1. The molecule has 1 saturated heterocycles. The fourth-order valence-electron chi connectivity index (χ4n) is 7.89. The second-order valence-electron chi connectivity index (χ2n) is 16.2. The second kappa shape index (κ2) is 30.3. The van der Waals surface area contributed by atoms with Crippen LogP contribution in [0.15, 0.2) is 72.8 Å². The molecule has 1 aliphatic rings. The molecule has 0 bridgehead atoms. The van der Waals surface area contributed by atoms with Gasteiger partial charge in [0, 0.05) is 52.4 Å². The number of hydrogen-bond acceptors (Lipinski definition) is 12. The molecule has 68 heavy (non-hydrogen) atoms. The van der Waals surface area contributed by atoms with Crippen LogP contribution >= 0.6 is 24.8 Å². The van der Waals surface area contributed by atoms with Crippen LogP contribution in [0.2, 0.25) is 0 Å². The molecule has 2 N–H and O–H groups in total.